The molecule has 0 spiro atoms. The number of nitrogens with zero attached hydrogens (tertiary/aromatic N) is 1. The highest BCUT2D eigenvalue weighted by atomic mass is 35.5. The molecule has 1 rings (SSSR count). The van der Waals surface area contributed by atoms with Crippen molar-refractivity contribution < 1.29 is 9.84 Å². The Morgan fingerprint density at radius 1 is 1.47 bits per heavy atom. The van der Waals surface area contributed by atoms with Crippen LogP contribution in [0.4, 0.5) is 5.69 Å². The van der Waals surface area contributed by atoms with Gasteiger partial charge in [0.05, 0.1) is 22.3 Å². The van der Waals surface area contributed by atoms with Crippen LogP contribution in [-0.2, 0) is 0 Å². The Morgan fingerprint density at radius 2 is 2.16 bits per heavy atom. The van der Waals surface area contributed by atoms with E-state index in [4.69, 9.17) is 40.1 Å². The Balaban J connectivity index is 2.53. The molecule has 4 nitrogen and oxygen atoms in total. The van der Waals surface area contributed by atoms with Crippen LogP contribution in [0.15, 0.2) is 12.1 Å². The Bertz CT molecular complexity index is 474. The molecule has 0 aromatic heterocycles. The molecular weight excluding hydrogens is 287 g/mol. The first kappa shape index (κ1) is 15.9. The number of nitrogens with two attached hydrogens (primary N) is 1. The van der Waals surface area contributed by atoms with E-state index in [9.17, 15) is 5.11 Å². The number of halogens is 2. The number of hydrogen-bond acceptors (Lipinski definition) is 4. The van der Waals surface area contributed by atoms with Crippen molar-refractivity contribution in [2.24, 2.45) is 0 Å². The minimum Gasteiger partial charge on any atom is -0.489 e. The largest absolute Gasteiger partial charge is 0.489 e. The lowest BCUT2D eigenvalue weighted by Crippen LogP contribution is -2.33. The third-order valence-electron chi connectivity index (χ3n) is 2.37. The summed E-state index contributed by atoms with van der Waals surface area (Å²) in [5.41, 5.74) is 6.03. The molecule has 0 saturated carbocycles. The zero-order chi connectivity index (χ0) is 14.4. The molecule has 0 amide bonds. The standard InChI is InChI=1S/C13H16Cl2N2O2/c1-3-4-17(2)7-9(18)8-19-13-6-12(16)10(14)5-11(13)15/h1,5-6,9,18H,4,7-8,16H2,2H3/t9-/m1/s1. The van der Waals surface area contributed by atoms with Gasteiger partial charge in [-0.25, -0.2) is 0 Å². The number of nitrogen functional groups attached to an aromatic ring is 1. The van der Waals surface area contributed by atoms with Crippen LogP contribution < -0.4 is 10.5 Å². The van der Waals surface area contributed by atoms with Crippen LogP contribution in [0.5, 0.6) is 5.75 Å². The molecule has 0 radical (unpaired) electrons. The van der Waals surface area contributed by atoms with Gasteiger partial charge >= 0.3 is 0 Å². The zero-order valence-electron chi connectivity index (χ0n) is 10.6. The van der Waals surface area contributed by atoms with Gasteiger partial charge in [-0.3, -0.25) is 4.90 Å². The van der Waals surface area contributed by atoms with Gasteiger partial charge in [-0.2, -0.15) is 0 Å². The van der Waals surface area contributed by atoms with Gasteiger partial charge in [0.15, 0.2) is 0 Å². The normalized spacial score (nSPS) is 12.2. The Kier molecular flexibility index (Phi) is 6.26. The first-order valence-electron chi connectivity index (χ1n) is 5.61. The minimum atomic E-state index is -0.675. The highest BCUT2D eigenvalue weighted by Gasteiger charge is 2.11. The summed E-state index contributed by atoms with van der Waals surface area (Å²) in [6.45, 7) is 0.965. The summed E-state index contributed by atoms with van der Waals surface area (Å²) < 4.78 is 5.41. The van der Waals surface area contributed by atoms with Crippen LogP contribution in [0.25, 0.3) is 0 Å². The van der Waals surface area contributed by atoms with Crippen LogP contribution in [-0.4, -0.2) is 42.9 Å². The van der Waals surface area contributed by atoms with Gasteiger partial charge in [-0.1, -0.05) is 29.1 Å². The molecule has 1 aromatic carbocycles. The molecule has 0 aliphatic carbocycles. The van der Waals surface area contributed by atoms with E-state index in [2.05, 4.69) is 5.92 Å². The van der Waals surface area contributed by atoms with Gasteiger partial charge in [0.2, 0.25) is 0 Å². The molecule has 3 N–H and O–H groups in total. The van der Waals surface area contributed by atoms with E-state index in [1.165, 1.54) is 12.1 Å². The molecule has 0 heterocycles. The van der Waals surface area contributed by atoms with E-state index in [-0.39, 0.29) is 6.61 Å². The van der Waals surface area contributed by atoms with E-state index >= 15 is 0 Å². The van der Waals surface area contributed by atoms with Crippen molar-refractivity contribution in [3.05, 3.63) is 22.2 Å². The zero-order valence-corrected chi connectivity index (χ0v) is 12.1. The SMILES string of the molecule is C#CCN(C)C[C@@H](O)COc1cc(N)c(Cl)cc1Cl. The van der Waals surface area contributed by atoms with E-state index in [0.29, 0.717) is 34.6 Å². The number of likely N-dealkylation sites (N-methyl/N-ethyl adjacent to an activating group) is 1. The molecule has 0 fully saturated rings. The highest BCUT2D eigenvalue weighted by Crippen LogP contribution is 2.32. The van der Waals surface area contributed by atoms with E-state index in [1.807, 2.05) is 11.9 Å². The van der Waals surface area contributed by atoms with Crippen molar-refractivity contribution in [2.75, 3.05) is 32.5 Å². The van der Waals surface area contributed by atoms with Crippen molar-refractivity contribution in [3.8, 4) is 18.1 Å². The minimum absolute atomic E-state index is 0.0930. The molecule has 0 aliphatic heterocycles. The summed E-state index contributed by atoms with van der Waals surface area (Å²) in [7, 11) is 1.82. The van der Waals surface area contributed by atoms with Gasteiger partial charge in [0.25, 0.3) is 0 Å². The monoisotopic (exact) mass is 302 g/mol. The van der Waals surface area contributed by atoms with Gasteiger partial charge in [-0.05, 0) is 13.1 Å². The molecule has 0 saturated heterocycles. The number of ether oxygens (including phenoxy) is 1. The summed E-state index contributed by atoms with van der Waals surface area (Å²) in [6.07, 6.45) is 4.50. The lowest BCUT2D eigenvalue weighted by Gasteiger charge is -2.19. The molecule has 0 bridgehead atoms. The maximum absolute atomic E-state index is 9.79. The summed E-state index contributed by atoms with van der Waals surface area (Å²) in [4.78, 5) is 1.81. The van der Waals surface area contributed by atoms with Crippen LogP contribution in [0.3, 0.4) is 0 Å². The quantitative estimate of drug-likeness (QED) is 0.622. The first-order valence-corrected chi connectivity index (χ1v) is 6.37. The maximum atomic E-state index is 9.79. The predicted molar refractivity (Wildman–Crippen MR) is 78.7 cm³/mol. The van der Waals surface area contributed by atoms with Gasteiger partial charge in [0.1, 0.15) is 18.5 Å². The summed E-state index contributed by atoms with van der Waals surface area (Å²) in [5, 5.41) is 10.5. The van der Waals surface area contributed by atoms with Gasteiger partial charge in [0, 0.05) is 12.6 Å². The summed E-state index contributed by atoms with van der Waals surface area (Å²) >= 11 is 11.8. The number of hydrogen-bond donors (Lipinski definition) is 2. The van der Waals surface area contributed by atoms with Crippen LogP contribution in [0.2, 0.25) is 10.0 Å². The number of terminal acetylenes is 1. The smallest absolute Gasteiger partial charge is 0.140 e. The molecule has 19 heavy (non-hydrogen) atoms. The second-order valence-electron chi connectivity index (χ2n) is 4.17. The van der Waals surface area contributed by atoms with Gasteiger partial charge < -0.3 is 15.6 Å². The van der Waals surface area contributed by atoms with Crippen molar-refractivity contribution in [1.82, 2.24) is 4.90 Å². The lowest BCUT2D eigenvalue weighted by molar-refractivity contribution is 0.0801. The van der Waals surface area contributed by atoms with Crippen molar-refractivity contribution in [2.45, 2.75) is 6.10 Å². The van der Waals surface area contributed by atoms with Crippen molar-refractivity contribution in [1.29, 1.82) is 0 Å². The second-order valence-corrected chi connectivity index (χ2v) is 4.98. The third-order valence-corrected chi connectivity index (χ3v) is 2.99. The second kappa shape index (κ2) is 7.46. The number of anilines is 1. The maximum Gasteiger partial charge on any atom is 0.140 e. The highest BCUT2D eigenvalue weighted by molar-refractivity contribution is 6.37. The fourth-order valence-electron chi connectivity index (χ4n) is 1.47. The van der Waals surface area contributed by atoms with Crippen LogP contribution in [0.1, 0.15) is 0 Å². The fraction of sp³-hybridized carbons (Fsp3) is 0.385. The number of aliphatic hydroxyl groups excluding tert-OH is 1. The lowest BCUT2D eigenvalue weighted by atomic mass is 10.3. The molecule has 1 aromatic rings. The summed E-state index contributed by atoms with van der Waals surface area (Å²) in [5.74, 6) is 2.88. The van der Waals surface area contributed by atoms with Gasteiger partial charge in [-0.15, -0.1) is 6.42 Å². The first-order chi connectivity index (χ1) is 8.93. The molecule has 1 atom stereocenters. The van der Waals surface area contributed by atoms with Crippen LogP contribution in [0, 0.1) is 12.3 Å². The Hall–Kier alpha value is -1.12. The number of aliphatic hydroxyl groups is 1. The predicted octanol–water partition coefficient (Wildman–Crippen LogP) is 1.88. The van der Waals surface area contributed by atoms with E-state index in [1.54, 1.807) is 0 Å². The Morgan fingerprint density at radius 3 is 2.79 bits per heavy atom. The molecule has 6 heteroatoms. The summed E-state index contributed by atoms with van der Waals surface area (Å²) in [6, 6.07) is 3.03. The van der Waals surface area contributed by atoms with Crippen LogP contribution >= 0.6 is 23.2 Å². The number of benzene rings is 1. The average molecular weight is 303 g/mol. The molecule has 0 unspecified atom stereocenters. The van der Waals surface area contributed by atoms with Crippen molar-refractivity contribution >= 4 is 28.9 Å². The van der Waals surface area contributed by atoms with E-state index < -0.39 is 6.10 Å². The topological polar surface area (TPSA) is 58.7 Å². The third kappa shape index (κ3) is 5.17. The average Bonchev–Trinajstić information content (AvgIpc) is 2.32. The Labute approximate surface area is 123 Å². The fourth-order valence-corrected chi connectivity index (χ4v) is 1.91. The van der Waals surface area contributed by atoms with Crippen molar-refractivity contribution in [3.63, 3.8) is 0 Å². The van der Waals surface area contributed by atoms with E-state index in [0.717, 1.165) is 0 Å². The number of rotatable bonds is 6. The molecule has 104 valence electrons. The molecule has 0 aliphatic rings. The molecular formula is C13H16Cl2N2O2.